The molecule has 0 amide bonds. The number of benzene rings is 1. The number of aryl methyl sites for hydroxylation is 1. The van der Waals surface area contributed by atoms with Gasteiger partial charge in [-0.15, -0.1) is 0 Å². The zero-order chi connectivity index (χ0) is 9.84. The molecule has 2 nitrogen and oxygen atoms in total. The van der Waals surface area contributed by atoms with E-state index in [-0.39, 0.29) is 0 Å². The Bertz CT molecular complexity index is 356. The van der Waals surface area contributed by atoms with Crippen molar-refractivity contribution in [1.29, 1.82) is 0 Å². The minimum Gasteiger partial charge on any atom is -0.478 e. The lowest BCUT2D eigenvalue weighted by molar-refractivity contribution is -0.131. The number of hydrogen-bond donors (Lipinski definition) is 1. The molecule has 0 spiro atoms. The Morgan fingerprint density at radius 2 is 2.23 bits per heavy atom. The van der Waals surface area contributed by atoms with Gasteiger partial charge in [0.1, 0.15) is 0 Å². The van der Waals surface area contributed by atoms with Gasteiger partial charge in [-0.2, -0.15) is 0 Å². The third-order valence-corrected chi connectivity index (χ3v) is 2.31. The third-order valence-electron chi connectivity index (χ3n) is 1.64. The summed E-state index contributed by atoms with van der Waals surface area (Å²) in [5, 5.41) is 8.43. The number of carbonyl (C=O) groups is 1. The van der Waals surface area contributed by atoms with Gasteiger partial charge in [-0.05, 0) is 58.9 Å². The van der Waals surface area contributed by atoms with Gasteiger partial charge in [-0.3, -0.25) is 0 Å². The minimum atomic E-state index is -0.919. The van der Waals surface area contributed by atoms with Gasteiger partial charge in [-0.25, -0.2) is 4.79 Å². The third kappa shape index (κ3) is 3.18. The number of rotatable bonds is 2. The Morgan fingerprint density at radius 3 is 2.77 bits per heavy atom. The minimum absolute atomic E-state index is 0.919. The SMILES string of the molecule is Cc1cc(I)ccc1C=CC(=O)O. The normalized spacial score (nSPS) is 10.6. The van der Waals surface area contributed by atoms with Crippen LogP contribution in [0.2, 0.25) is 0 Å². The molecule has 0 aliphatic heterocycles. The maximum absolute atomic E-state index is 10.3. The van der Waals surface area contributed by atoms with Gasteiger partial charge in [0.15, 0.2) is 0 Å². The molecule has 1 aromatic rings. The smallest absolute Gasteiger partial charge is 0.328 e. The lowest BCUT2D eigenvalue weighted by atomic mass is 10.1. The van der Waals surface area contributed by atoms with E-state index in [4.69, 9.17) is 5.11 Å². The molecule has 0 saturated heterocycles. The predicted octanol–water partition coefficient (Wildman–Crippen LogP) is 2.70. The average Bonchev–Trinajstić information content (AvgIpc) is 2.02. The lowest BCUT2D eigenvalue weighted by Crippen LogP contribution is -1.87. The first-order chi connectivity index (χ1) is 6.09. The molecule has 1 aromatic carbocycles. The Balaban J connectivity index is 2.96. The quantitative estimate of drug-likeness (QED) is 0.671. The Morgan fingerprint density at radius 1 is 1.54 bits per heavy atom. The molecule has 0 aliphatic carbocycles. The number of aliphatic carboxylic acids is 1. The molecule has 3 heteroatoms. The average molecular weight is 288 g/mol. The molecule has 1 N–H and O–H groups in total. The van der Waals surface area contributed by atoms with E-state index in [1.54, 1.807) is 6.08 Å². The Labute approximate surface area is 90.4 Å². The predicted molar refractivity (Wildman–Crippen MR) is 60.6 cm³/mol. The van der Waals surface area contributed by atoms with E-state index >= 15 is 0 Å². The summed E-state index contributed by atoms with van der Waals surface area (Å²) in [6.45, 7) is 1.96. The van der Waals surface area contributed by atoms with Crippen LogP contribution in [0.15, 0.2) is 24.3 Å². The maximum atomic E-state index is 10.3. The van der Waals surface area contributed by atoms with Crippen LogP contribution in [-0.2, 0) is 4.79 Å². The number of carboxylic acids is 1. The van der Waals surface area contributed by atoms with Crippen LogP contribution in [0.4, 0.5) is 0 Å². The van der Waals surface area contributed by atoms with Crippen LogP contribution >= 0.6 is 22.6 Å². The molecule has 1 rings (SSSR count). The highest BCUT2D eigenvalue weighted by molar-refractivity contribution is 14.1. The molecule has 0 unspecified atom stereocenters. The second kappa shape index (κ2) is 4.41. The molecule has 0 radical (unpaired) electrons. The first-order valence-electron chi connectivity index (χ1n) is 3.77. The zero-order valence-corrected chi connectivity index (χ0v) is 9.28. The number of halogens is 1. The molecule has 0 atom stereocenters. The summed E-state index contributed by atoms with van der Waals surface area (Å²) in [5.41, 5.74) is 2.03. The monoisotopic (exact) mass is 288 g/mol. The molecule has 0 heterocycles. The Hall–Kier alpha value is -0.840. The maximum Gasteiger partial charge on any atom is 0.328 e. The van der Waals surface area contributed by atoms with Crippen molar-refractivity contribution < 1.29 is 9.90 Å². The first-order valence-corrected chi connectivity index (χ1v) is 4.84. The zero-order valence-electron chi connectivity index (χ0n) is 7.12. The highest BCUT2D eigenvalue weighted by atomic mass is 127. The highest BCUT2D eigenvalue weighted by Crippen LogP contribution is 2.13. The molecule has 68 valence electrons. The summed E-state index contributed by atoms with van der Waals surface area (Å²) in [4.78, 5) is 10.3. The van der Waals surface area contributed by atoms with Gasteiger partial charge in [0.2, 0.25) is 0 Å². The number of carboxylic acid groups (broad SMARTS) is 1. The van der Waals surface area contributed by atoms with E-state index < -0.39 is 5.97 Å². The van der Waals surface area contributed by atoms with Crippen molar-refractivity contribution in [1.82, 2.24) is 0 Å². The molecule has 0 fully saturated rings. The largest absolute Gasteiger partial charge is 0.478 e. The van der Waals surface area contributed by atoms with Crippen LogP contribution < -0.4 is 0 Å². The molecule has 0 aromatic heterocycles. The summed E-state index contributed by atoms with van der Waals surface area (Å²) in [5.74, 6) is -0.919. The standard InChI is InChI=1S/C10H9IO2/c1-7-6-9(11)4-2-8(7)3-5-10(12)13/h2-6H,1H3,(H,12,13). The van der Waals surface area contributed by atoms with E-state index in [1.165, 1.54) is 0 Å². The first kappa shape index (κ1) is 10.2. The summed E-state index contributed by atoms with van der Waals surface area (Å²) < 4.78 is 1.16. The van der Waals surface area contributed by atoms with Crippen molar-refractivity contribution in [2.75, 3.05) is 0 Å². The van der Waals surface area contributed by atoms with Gasteiger partial charge in [-0.1, -0.05) is 6.07 Å². The fourth-order valence-electron chi connectivity index (χ4n) is 0.987. The van der Waals surface area contributed by atoms with E-state index in [1.807, 2.05) is 25.1 Å². The van der Waals surface area contributed by atoms with Crippen LogP contribution in [0.3, 0.4) is 0 Å². The molecular weight excluding hydrogens is 279 g/mol. The van der Waals surface area contributed by atoms with E-state index in [2.05, 4.69) is 22.6 Å². The summed E-state index contributed by atoms with van der Waals surface area (Å²) in [6.07, 6.45) is 2.75. The van der Waals surface area contributed by atoms with Gasteiger partial charge in [0, 0.05) is 9.65 Å². The van der Waals surface area contributed by atoms with Gasteiger partial charge < -0.3 is 5.11 Å². The fraction of sp³-hybridized carbons (Fsp3) is 0.100. The van der Waals surface area contributed by atoms with E-state index in [0.29, 0.717) is 0 Å². The molecule has 0 bridgehead atoms. The van der Waals surface area contributed by atoms with E-state index in [9.17, 15) is 4.79 Å². The molecule has 13 heavy (non-hydrogen) atoms. The molecule has 0 saturated carbocycles. The van der Waals surface area contributed by atoms with Crippen LogP contribution in [0.1, 0.15) is 11.1 Å². The van der Waals surface area contributed by atoms with Crippen LogP contribution in [-0.4, -0.2) is 11.1 Å². The highest BCUT2D eigenvalue weighted by Gasteiger charge is 1.95. The molecular formula is C10H9IO2. The van der Waals surface area contributed by atoms with Gasteiger partial charge >= 0.3 is 5.97 Å². The van der Waals surface area contributed by atoms with Crippen LogP contribution in [0.5, 0.6) is 0 Å². The second-order valence-corrected chi connectivity index (χ2v) is 3.92. The number of hydrogen-bond acceptors (Lipinski definition) is 1. The van der Waals surface area contributed by atoms with Crippen molar-refractivity contribution >= 4 is 34.6 Å². The second-order valence-electron chi connectivity index (χ2n) is 2.67. The van der Waals surface area contributed by atoms with Gasteiger partial charge in [0.25, 0.3) is 0 Å². The van der Waals surface area contributed by atoms with Crippen molar-refractivity contribution in [3.8, 4) is 0 Å². The van der Waals surface area contributed by atoms with Crippen molar-refractivity contribution in [3.05, 3.63) is 39.0 Å². The van der Waals surface area contributed by atoms with Crippen LogP contribution in [0, 0.1) is 10.5 Å². The van der Waals surface area contributed by atoms with Crippen molar-refractivity contribution in [2.45, 2.75) is 6.92 Å². The Kier molecular flexibility index (Phi) is 3.48. The summed E-state index contributed by atoms with van der Waals surface area (Å²) in [6, 6.07) is 5.88. The van der Waals surface area contributed by atoms with Crippen molar-refractivity contribution in [2.24, 2.45) is 0 Å². The van der Waals surface area contributed by atoms with Crippen LogP contribution in [0.25, 0.3) is 6.08 Å². The van der Waals surface area contributed by atoms with E-state index in [0.717, 1.165) is 20.8 Å². The summed E-state index contributed by atoms with van der Waals surface area (Å²) in [7, 11) is 0. The lowest BCUT2D eigenvalue weighted by Gasteiger charge is -1.99. The summed E-state index contributed by atoms with van der Waals surface area (Å²) >= 11 is 2.22. The molecule has 0 aliphatic rings. The fourth-order valence-corrected chi connectivity index (χ4v) is 1.63. The topological polar surface area (TPSA) is 37.3 Å². The van der Waals surface area contributed by atoms with Gasteiger partial charge in [0.05, 0.1) is 0 Å². The van der Waals surface area contributed by atoms with Crippen molar-refractivity contribution in [3.63, 3.8) is 0 Å².